The lowest BCUT2D eigenvalue weighted by Crippen LogP contribution is -2.65. The summed E-state index contributed by atoms with van der Waals surface area (Å²) in [4.78, 5) is 0. The molecule has 1 nitrogen and oxygen atoms in total. The smallest absolute Gasteiger partial charge is 0.0855 e. The molecule has 108 valence electrons. The van der Waals surface area contributed by atoms with Crippen LogP contribution >= 0.6 is 0 Å². The molecule has 0 aliphatic heterocycles. The molecule has 0 amide bonds. The fourth-order valence-electron chi connectivity index (χ4n) is 3.17. The van der Waals surface area contributed by atoms with Crippen molar-refractivity contribution in [2.24, 2.45) is 0 Å². The van der Waals surface area contributed by atoms with E-state index >= 15 is 0 Å². The van der Waals surface area contributed by atoms with Crippen LogP contribution < -0.4 is 5.32 Å². The van der Waals surface area contributed by atoms with E-state index in [1.165, 1.54) is 37.5 Å². The summed E-state index contributed by atoms with van der Waals surface area (Å²) in [6, 6.07) is 4.23. The highest BCUT2D eigenvalue weighted by Crippen LogP contribution is 2.30. The van der Waals surface area contributed by atoms with Gasteiger partial charge in [-0.05, 0) is 18.3 Å². The lowest BCUT2D eigenvalue weighted by atomic mass is 10.3. The molecule has 0 aliphatic rings. The Labute approximate surface area is 117 Å². The van der Waals surface area contributed by atoms with E-state index < -0.39 is 16.1 Å². The fourth-order valence-corrected chi connectivity index (χ4v) is 15.9. The third-order valence-electron chi connectivity index (χ3n) is 4.87. The summed E-state index contributed by atoms with van der Waals surface area (Å²) in [7, 11) is -2.51. The van der Waals surface area contributed by atoms with Crippen LogP contribution in [0.2, 0.25) is 31.2 Å². The lowest BCUT2D eigenvalue weighted by Gasteiger charge is -2.45. The Kier molecular flexibility index (Phi) is 8.40. The third kappa shape index (κ3) is 4.35. The van der Waals surface area contributed by atoms with Crippen LogP contribution in [0.25, 0.3) is 0 Å². The van der Waals surface area contributed by atoms with E-state index in [0.717, 1.165) is 5.29 Å². The maximum Gasteiger partial charge on any atom is 0.0855 e. The second-order valence-electron chi connectivity index (χ2n) is 6.19. The monoisotopic (exact) mass is 285 g/mol. The average Bonchev–Trinajstić information content (AvgIpc) is 2.39. The predicted octanol–water partition coefficient (Wildman–Crippen LogP) is 4.77. The molecule has 3 heteroatoms. The van der Waals surface area contributed by atoms with E-state index in [1.807, 2.05) is 0 Å². The molecule has 0 radical (unpaired) electrons. The SMILES string of the molecule is C=C[Si](C)(C)C(NCCCC)[Si](CC)(CC)CC. The molecule has 0 spiro atoms. The van der Waals surface area contributed by atoms with E-state index in [-0.39, 0.29) is 0 Å². The molecule has 0 saturated heterocycles. The van der Waals surface area contributed by atoms with Crippen LogP contribution in [0.1, 0.15) is 40.5 Å². The lowest BCUT2D eigenvalue weighted by molar-refractivity contribution is 0.654. The molecule has 0 aliphatic carbocycles. The number of rotatable bonds is 10. The molecule has 0 bridgehead atoms. The van der Waals surface area contributed by atoms with Crippen molar-refractivity contribution in [2.45, 2.75) is 77.1 Å². The van der Waals surface area contributed by atoms with E-state index in [4.69, 9.17) is 0 Å². The van der Waals surface area contributed by atoms with Crippen molar-refractivity contribution in [3.63, 3.8) is 0 Å². The zero-order valence-corrected chi connectivity index (χ0v) is 15.6. The highest BCUT2D eigenvalue weighted by atomic mass is 28.4. The van der Waals surface area contributed by atoms with Gasteiger partial charge in [0.1, 0.15) is 0 Å². The molecular formula is C15H35NSi2. The number of unbranched alkanes of at least 4 members (excludes halogenated alkanes) is 1. The van der Waals surface area contributed by atoms with Gasteiger partial charge < -0.3 is 5.32 Å². The van der Waals surface area contributed by atoms with Crippen molar-refractivity contribution in [1.29, 1.82) is 0 Å². The standard InChI is InChI=1S/C15H35NSi2/c1-8-13-14-16-15(17(6,7)9-2)18(10-3,11-4)12-5/h9,15-16H,2,8,10-14H2,1,3-7H3. The van der Waals surface area contributed by atoms with Crippen molar-refractivity contribution in [2.75, 3.05) is 6.54 Å². The summed E-state index contributed by atoms with van der Waals surface area (Å²) >= 11 is 0. The topological polar surface area (TPSA) is 12.0 Å². The molecular weight excluding hydrogens is 250 g/mol. The Morgan fingerprint density at radius 2 is 1.56 bits per heavy atom. The Hall–Kier alpha value is 0.134. The number of hydrogen-bond donors (Lipinski definition) is 1. The first-order valence-corrected chi connectivity index (χ1v) is 13.7. The van der Waals surface area contributed by atoms with Crippen molar-refractivity contribution in [1.82, 2.24) is 5.32 Å². The molecule has 0 rings (SSSR count). The van der Waals surface area contributed by atoms with Crippen LogP contribution in [0.4, 0.5) is 0 Å². The first-order valence-electron chi connectivity index (χ1n) is 7.81. The van der Waals surface area contributed by atoms with Gasteiger partial charge in [0.2, 0.25) is 0 Å². The molecule has 1 atom stereocenters. The Morgan fingerprint density at radius 1 is 1.06 bits per heavy atom. The van der Waals surface area contributed by atoms with Gasteiger partial charge in [0.25, 0.3) is 0 Å². The Bertz CT molecular complexity index is 226. The van der Waals surface area contributed by atoms with Crippen LogP contribution in [-0.4, -0.2) is 28.0 Å². The summed E-state index contributed by atoms with van der Waals surface area (Å²) in [5.74, 6) is 0. The van der Waals surface area contributed by atoms with Crippen LogP contribution in [-0.2, 0) is 0 Å². The first-order chi connectivity index (χ1) is 8.44. The van der Waals surface area contributed by atoms with E-state index in [0.29, 0.717) is 0 Å². The molecule has 0 saturated carbocycles. The van der Waals surface area contributed by atoms with E-state index in [1.54, 1.807) is 0 Å². The van der Waals surface area contributed by atoms with Crippen LogP contribution in [0.15, 0.2) is 12.3 Å². The fraction of sp³-hybridized carbons (Fsp3) is 0.867. The van der Waals surface area contributed by atoms with Crippen molar-refractivity contribution < 1.29 is 0 Å². The summed E-state index contributed by atoms with van der Waals surface area (Å²) in [5.41, 5.74) is 2.30. The summed E-state index contributed by atoms with van der Waals surface area (Å²) < 4.78 is 0. The average molecular weight is 286 g/mol. The molecule has 0 heterocycles. The van der Waals surface area contributed by atoms with Crippen LogP contribution in [0, 0.1) is 0 Å². The van der Waals surface area contributed by atoms with Gasteiger partial charge in [-0.15, -0.1) is 12.3 Å². The van der Waals surface area contributed by atoms with Gasteiger partial charge >= 0.3 is 0 Å². The Morgan fingerprint density at radius 3 is 1.89 bits per heavy atom. The summed E-state index contributed by atoms with van der Waals surface area (Å²) in [6.45, 7) is 19.8. The van der Waals surface area contributed by atoms with Gasteiger partial charge in [0.05, 0.1) is 16.1 Å². The summed E-state index contributed by atoms with van der Waals surface area (Å²) in [5, 5.41) is 4.76. The zero-order chi connectivity index (χ0) is 14.2. The van der Waals surface area contributed by atoms with Gasteiger partial charge in [-0.25, -0.2) is 0 Å². The second-order valence-corrected chi connectivity index (χ2v) is 16.8. The zero-order valence-electron chi connectivity index (χ0n) is 13.6. The maximum atomic E-state index is 4.14. The van der Waals surface area contributed by atoms with Crippen molar-refractivity contribution in [3.05, 3.63) is 12.3 Å². The van der Waals surface area contributed by atoms with E-state index in [2.05, 4.69) is 58.4 Å². The normalized spacial score (nSPS) is 14.6. The molecule has 1 N–H and O–H groups in total. The van der Waals surface area contributed by atoms with E-state index in [9.17, 15) is 0 Å². The molecule has 0 aromatic heterocycles. The van der Waals surface area contributed by atoms with Gasteiger partial charge in [0, 0.05) is 0 Å². The van der Waals surface area contributed by atoms with Crippen molar-refractivity contribution >= 4 is 16.1 Å². The molecule has 0 aromatic carbocycles. The quantitative estimate of drug-likeness (QED) is 0.450. The minimum atomic E-state index is -1.34. The molecule has 0 fully saturated rings. The minimum Gasteiger partial charge on any atom is -0.319 e. The van der Waals surface area contributed by atoms with Gasteiger partial charge in [0.15, 0.2) is 0 Å². The van der Waals surface area contributed by atoms with Crippen LogP contribution in [0.5, 0.6) is 0 Å². The predicted molar refractivity (Wildman–Crippen MR) is 91.6 cm³/mol. The summed E-state index contributed by atoms with van der Waals surface area (Å²) in [6.07, 6.45) is 2.59. The van der Waals surface area contributed by atoms with Gasteiger partial charge in [-0.1, -0.05) is 65.3 Å². The molecule has 18 heavy (non-hydrogen) atoms. The Balaban J connectivity index is 5.10. The largest absolute Gasteiger partial charge is 0.319 e. The van der Waals surface area contributed by atoms with Gasteiger partial charge in [-0.2, -0.15) is 0 Å². The first kappa shape index (κ1) is 18.1. The third-order valence-corrected chi connectivity index (χ3v) is 17.3. The van der Waals surface area contributed by atoms with Crippen LogP contribution in [0.3, 0.4) is 0 Å². The number of hydrogen-bond acceptors (Lipinski definition) is 1. The minimum absolute atomic E-state index is 0.800. The highest BCUT2D eigenvalue weighted by Gasteiger charge is 2.44. The maximum absolute atomic E-state index is 4.14. The van der Waals surface area contributed by atoms with Gasteiger partial charge in [-0.3, -0.25) is 0 Å². The van der Waals surface area contributed by atoms with Crippen molar-refractivity contribution in [3.8, 4) is 0 Å². The molecule has 1 unspecified atom stereocenters. The molecule has 0 aromatic rings. The second kappa shape index (κ2) is 8.33. The number of nitrogens with one attached hydrogen (secondary N) is 1. The highest BCUT2D eigenvalue weighted by molar-refractivity contribution is 7.00.